The van der Waals surface area contributed by atoms with Gasteiger partial charge in [-0.15, -0.1) is 0 Å². The fourth-order valence-electron chi connectivity index (χ4n) is 2.04. The van der Waals surface area contributed by atoms with Crippen LogP contribution in [-0.4, -0.2) is 20.1 Å². The minimum absolute atomic E-state index is 0.143. The molecule has 0 atom stereocenters. The van der Waals surface area contributed by atoms with Gasteiger partial charge in [-0.05, 0) is 23.8 Å². The molecule has 10 heteroatoms. The summed E-state index contributed by atoms with van der Waals surface area (Å²) in [6.45, 7) is 0. The van der Waals surface area contributed by atoms with E-state index >= 15 is 0 Å². The molecule has 0 unspecified atom stereocenters. The van der Waals surface area contributed by atoms with Crippen molar-refractivity contribution in [3.8, 4) is 17.6 Å². The number of aromatic nitrogens is 1. The monoisotopic (exact) mass is 351 g/mol. The van der Waals surface area contributed by atoms with Crippen molar-refractivity contribution >= 4 is 17.3 Å². The van der Waals surface area contributed by atoms with E-state index in [1.165, 1.54) is 0 Å². The van der Waals surface area contributed by atoms with Gasteiger partial charge in [0.1, 0.15) is 0 Å². The lowest BCUT2D eigenvalue weighted by Gasteiger charge is -2.11. The zero-order valence-corrected chi connectivity index (χ0v) is 12.2. The molecule has 0 saturated carbocycles. The van der Waals surface area contributed by atoms with Gasteiger partial charge in [0.05, 0.1) is 22.1 Å². The molecule has 0 aliphatic heterocycles. The van der Waals surface area contributed by atoms with Gasteiger partial charge in [0.25, 0.3) is 0 Å². The summed E-state index contributed by atoms with van der Waals surface area (Å²) >= 11 is 0. The minimum atomic E-state index is -4.74. The largest absolute Gasteiger partial charge is 0.504 e. The fourth-order valence-corrected chi connectivity index (χ4v) is 2.04. The Hall–Kier alpha value is -3.61. The Morgan fingerprint density at radius 1 is 1.36 bits per heavy atom. The van der Waals surface area contributed by atoms with Crippen molar-refractivity contribution < 1.29 is 28.3 Å². The number of hydrogen-bond donors (Lipinski definition) is 2. The highest BCUT2D eigenvalue weighted by atomic mass is 19.4. The number of nitro benzene ring substituents is 1. The number of benzene rings is 1. The maximum Gasteiger partial charge on any atom is 0.417 e. The van der Waals surface area contributed by atoms with Crippen LogP contribution in [0.15, 0.2) is 30.6 Å². The number of halogens is 3. The first-order valence-corrected chi connectivity index (χ1v) is 6.49. The zero-order chi connectivity index (χ0) is 18.8. The molecule has 1 aromatic carbocycles. The molecule has 0 aliphatic rings. The normalized spacial score (nSPS) is 11.8. The number of nitrogens with zero attached hydrogens (tertiary/aromatic N) is 3. The average Bonchev–Trinajstić information content (AvgIpc) is 2.54. The summed E-state index contributed by atoms with van der Waals surface area (Å²) in [7, 11) is 0. The lowest BCUT2D eigenvalue weighted by atomic mass is 10.00. The van der Waals surface area contributed by atoms with Crippen molar-refractivity contribution in [1.29, 1.82) is 5.26 Å². The molecule has 0 saturated heterocycles. The molecule has 0 aliphatic carbocycles. The van der Waals surface area contributed by atoms with Crippen LogP contribution < -0.4 is 0 Å². The van der Waals surface area contributed by atoms with Crippen molar-refractivity contribution in [3.63, 3.8) is 0 Å². The van der Waals surface area contributed by atoms with E-state index in [9.17, 15) is 38.8 Å². The molecule has 7 nitrogen and oxygen atoms in total. The van der Waals surface area contributed by atoms with Gasteiger partial charge in [-0.2, -0.15) is 18.4 Å². The van der Waals surface area contributed by atoms with E-state index in [4.69, 9.17) is 0 Å². The first kappa shape index (κ1) is 17.7. The van der Waals surface area contributed by atoms with Crippen LogP contribution in [0.1, 0.15) is 16.7 Å². The molecule has 128 valence electrons. The number of nitro groups is 1. The highest BCUT2D eigenvalue weighted by molar-refractivity contribution is 5.91. The summed E-state index contributed by atoms with van der Waals surface area (Å²) in [4.78, 5) is 13.4. The van der Waals surface area contributed by atoms with E-state index in [2.05, 4.69) is 4.98 Å². The smallest absolute Gasteiger partial charge is 0.417 e. The van der Waals surface area contributed by atoms with Crippen molar-refractivity contribution in [3.05, 3.63) is 57.4 Å². The zero-order valence-electron chi connectivity index (χ0n) is 12.2. The van der Waals surface area contributed by atoms with Crippen LogP contribution in [-0.2, 0) is 6.18 Å². The summed E-state index contributed by atoms with van der Waals surface area (Å²) in [6, 6.07) is 3.95. The van der Waals surface area contributed by atoms with Crippen LogP contribution in [0, 0.1) is 21.4 Å². The van der Waals surface area contributed by atoms with E-state index < -0.39 is 45.0 Å². The van der Waals surface area contributed by atoms with Crippen molar-refractivity contribution in [2.24, 2.45) is 0 Å². The van der Waals surface area contributed by atoms with E-state index in [1.54, 1.807) is 6.07 Å². The van der Waals surface area contributed by atoms with E-state index in [0.717, 1.165) is 30.6 Å². The van der Waals surface area contributed by atoms with Crippen LogP contribution in [0.2, 0.25) is 0 Å². The molecule has 1 heterocycles. The number of nitriles is 1. The second kappa shape index (κ2) is 6.48. The van der Waals surface area contributed by atoms with Crippen molar-refractivity contribution in [1.82, 2.24) is 4.98 Å². The van der Waals surface area contributed by atoms with Gasteiger partial charge in [0, 0.05) is 24.0 Å². The highest BCUT2D eigenvalue weighted by Gasteiger charge is 2.34. The third-order valence-corrected chi connectivity index (χ3v) is 3.14. The molecule has 2 N–H and O–H groups in total. The third kappa shape index (κ3) is 3.66. The molecule has 1 aromatic heterocycles. The quantitative estimate of drug-likeness (QED) is 0.378. The van der Waals surface area contributed by atoms with Gasteiger partial charge in [-0.3, -0.25) is 15.1 Å². The van der Waals surface area contributed by atoms with Gasteiger partial charge in [0.15, 0.2) is 5.75 Å². The van der Waals surface area contributed by atoms with E-state index in [0.29, 0.717) is 6.07 Å². The molecule has 0 fully saturated rings. The molecule has 2 rings (SSSR count). The Morgan fingerprint density at radius 3 is 2.60 bits per heavy atom. The van der Waals surface area contributed by atoms with Gasteiger partial charge in [-0.25, -0.2) is 0 Å². The lowest BCUT2D eigenvalue weighted by Crippen LogP contribution is -2.08. The van der Waals surface area contributed by atoms with Gasteiger partial charge in [-0.1, -0.05) is 0 Å². The number of hydrogen-bond acceptors (Lipinski definition) is 6. The van der Waals surface area contributed by atoms with Crippen LogP contribution in [0.3, 0.4) is 0 Å². The average molecular weight is 351 g/mol. The Kier molecular flexibility index (Phi) is 4.60. The summed E-state index contributed by atoms with van der Waals surface area (Å²) in [5, 5.41) is 38.9. The third-order valence-electron chi connectivity index (χ3n) is 3.14. The molecule has 25 heavy (non-hydrogen) atoms. The maximum atomic E-state index is 13.0. The highest BCUT2D eigenvalue weighted by Crippen LogP contribution is 2.38. The molecule has 0 bridgehead atoms. The SMILES string of the molecule is N#CC(=Cc1cc(O)c(O)c([N+](=O)[O-])c1)c1cnccc1C(F)(F)F. The Morgan fingerprint density at radius 2 is 2.04 bits per heavy atom. The summed E-state index contributed by atoms with van der Waals surface area (Å²) < 4.78 is 39.1. The standard InChI is InChI=1S/C15H8F3N3O4/c16-15(17,18)11-1-2-20-7-10(11)9(6-19)3-8-4-12(21(24)25)14(23)13(22)5-8/h1-5,7,22-23H. The van der Waals surface area contributed by atoms with E-state index in [-0.39, 0.29) is 5.56 Å². The second-order valence-corrected chi connectivity index (χ2v) is 4.75. The molecule has 0 radical (unpaired) electrons. The minimum Gasteiger partial charge on any atom is -0.504 e. The van der Waals surface area contributed by atoms with Gasteiger partial charge in [0.2, 0.25) is 5.75 Å². The first-order valence-electron chi connectivity index (χ1n) is 6.49. The molecule has 0 amide bonds. The number of phenols is 2. The fraction of sp³-hybridized carbons (Fsp3) is 0.0667. The number of rotatable bonds is 3. The predicted octanol–water partition coefficient (Wildman–Crippen LogP) is 3.48. The first-order chi connectivity index (χ1) is 11.6. The van der Waals surface area contributed by atoms with Gasteiger partial charge >= 0.3 is 11.9 Å². The summed E-state index contributed by atoms with van der Waals surface area (Å²) in [5.74, 6) is -1.84. The van der Waals surface area contributed by atoms with Gasteiger partial charge < -0.3 is 10.2 Å². The molecular formula is C15H8F3N3O4. The molecule has 2 aromatic rings. The number of allylic oxidation sites excluding steroid dienone is 1. The van der Waals surface area contributed by atoms with Crippen LogP contribution in [0.25, 0.3) is 11.6 Å². The van der Waals surface area contributed by atoms with E-state index in [1.807, 2.05) is 0 Å². The number of phenolic OH excluding ortho intramolecular Hbond substituents is 2. The lowest BCUT2D eigenvalue weighted by molar-refractivity contribution is -0.386. The Balaban J connectivity index is 2.65. The topological polar surface area (TPSA) is 120 Å². The predicted molar refractivity (Wildman–Crippen MR) is 79.1 cm³/mol. The Bertz CT molecular complexity index is 917. The molecule has 0 spiro atoms. The number of pyridine rings is 1. The summed E-state index contributed by atoms with van der Waals surface area (Å²) in [5.41, 5.74) is -3.10. The van der Waals surface area contributed by atoms with Crippen LogP contribution in [0.4, 0.5) is 18.9 Å². The number of alkyl halides is 3. The van der Waals surface area contributed by atoms with Crippen LogP contribution >= 0.6 is 0 Å². The summed E-state index contributed by atoms with van der Waals surface area (Å²) in [6.07, 6.45) is -2.07. The molecular weight excluding hydrogens is 343 g/mol. The van der Waals surface area contributed by atoms with Crippen molar-refractivity contribution in [2.45, 2.75) is 6.18 Å². The Labute approximate surface area is 138 Å². The second-order valence-electron chi connectivity index (χ2n) is 4.75. The van der Waals surface area contributed by atoms with Crippen LogP contribution in [0.5, 0.6) is 11.5 Å². The number of aromatic hydroxyl groups is 2. The maximum absolute atomic E-state index is 13.0. The van der Waals surface area contributed by atoms with Crippen molar-refractivity contribution in [2.75, 3.05) is 0 Å².